The van der Waals surface area contributed by atoms with E-state index in [9.17, 15) is 5.11 Å². The fraction of sp³-hybridized carbons (Fsp3) is 0.684. The molecule has 0 aromatic heterocycles. The van der Waals surface area contributed by atoms with Gasteiger partial charge in [0, 0.05) is 25.0 Å². The molecule has 2 atom stereocenters. The maximum absolute atomic E-state index is 10.3. The lowest BCUT2D eigenvalue weighted by molar-refractivity contribution is -0.209. The number of benzene rings is 1. The molecule has 2 fully saturated rings. The monoisotopic (exact) mass is 303 g/mol. The second-order valence-corrected chi connectivity index (χ2v) is 7.12. The van der Waals surface area contributed by atoms with E-state index in [0.717, 1.165) is 45.5 Å². The van der Waals surface area contributed by atoms with Crippen LogP contribution in [0.25, 0.3) is 0 Å². The van der Waals surface area contributed by atoms with E-state index in [4.69, 9.17) is 4.74 Å². The van der Waals surface area contributed by atoms with Crippen molar-refractivity contribution in [1.29, 1.82) is 0 Å². The van der Waals surface area contributed by atoms with Gasteiger partial charge in [-0.2, -0.15) is 0 Å². The summed E-state index contributed by atoms with van der Waals surface area (Å²) in [5, 5.41) is 10.3. The molecule has 1 aliphatic heterocycles. The Morgan fingerprint density at radius 3 is 2.55 bits per heavy atom. The summed E-state index contributed by atoms with van der Waals surface area (Å²) < 4.78 is 5.85. The van der Waals surface area contributed by atoms with Crippen molar-refractivity contribution in [3.8, 4) is 0 Å². The molecule has 1 aliphatic carbocycles. The zero-order chi connectivity index (χ0) is 15.7. The summed E-state index contributed by atoms with van der Waals surface area (Å²) in [6.07, 6.45) is 3.06. The normalized spacial score (nSPS) is 27.8. The van der Waals surface area contributed by atoms with Crippen molar-refractivity contribution in [3.05, 3.63) is 34.9 Å². The molecule has 1 aromatic rings. The van der Waals surface area contributed by atoms with Crippen molar-refractivity contribution in [2.24, 2.45) is 5.41 Å². The largest absolute Gasteiger partial charge is 0.392 e. The molecule has 1 aromatic carbocycles. The van der Waals surface area contributed by atoms with E-state index < -0.39 is 0 Å². The topological polar surface area (TPSA) is 32.7 Å². The summed E-state index contributed by atoms with van der Waals surface area (Å²) in [5.74, 6) is 0. The van der Waals surface area contributed by atoms with Crippen molar-refractivity contribution in [1.82, 2.24) is 4.90 Å². The van der Waals surface area contributed by atoms with E-state index in [0.29, 0.717) is 0 Å². The summed E-state index contributed by atoms with van der Waals surface area (Å²) in [6.45, 7) is 10.3. The predicted molar refractivity (Wildman–Crippen MR) is 88.9 cm³/mol. The fourth-order valence-electron chi connectivity index (χ4n) is 4.10. The van der Waals surface area contributed by atoms with Crippen LogP contribution in [0.3, 0.4) is 0 Å². The molecular formula is C19H29NO2. The van der Waals surface area contributed by atoms with Gasteiger partial charge in [0.2, 0.25) is 0 Å². The molecule has 0 amide bonds. The van der Waals surface area contributed by atoms with Gasteiger partial charge in [-0.3, -0.25) is 4.90 Å². The minimum Gasteiger partial charge on any atom is -0.392 e. The Kier molecular flexibility index (Phi) is 4.58. The third kappa shape index (κ3) is 2.82. The number of rotatable bonds is 4. The van der Waals surface area contributed by atoms with Gasteiger partial charge >= 0.3 is 0 Å². The van der Waals surface area contributed by atoms with Crippen LogP contribution in [0.15, 0.2) is 18.2 Å². The lowest BCUT2D eigenvalue weighted by Crippen LogP contribution is -2.62. The van der Waals surface area contributed by atoms with Crippen LogP contribution < -0.4 is 0 Å². The van der Waals surface area contributed by atoms with Gasteiger partial charge in [-0.05, 0) is 63.4 Å². The number of likely N-dealkylation sites (tertiary alicyclic amines) is 1. The van der Waals surface area contributed by atoms with Crippen LogP contribution >= 0.6 is 0 Å². The van der Waals surface area contributed by atoms with Gasteiger partial charge in [0.05, 0.1) is 12.2 Å². The highest BCUT2D eigenvalue weighted by molar-refractivity contribution is 5.29. The Hall–Kier alpha value is -0.900. The molecule has 122 valence electrons. The zero-order valence-electron chi connectivity index (χ0n) is 14.1. The lowest BCUT2D eigenvalue weighted by atomic mass is 9.58. The van der Waals surface area contributed by atoms with E-state index in [-0.39, 0.29) is 17.6 Å². The molecule has 0 radical (unpaired) electrons. The van der Waals surface area contributed by atoms with E-state index in [1.54, 1.807) is 0 Å². The summed E-state index contributed by atoms with van der Waals surface area (Å²) in [4.78, 5) is 2.52. The first kappa shape index (κ1) is 16.0. The van der Waals surface area contributed by atoms with Gasteiger partial charge in [0.15, 0.2) is 0 Å². The minimum atomic E-state index is -0.159. The lowest BCUT2D eigenvalue weighted by Gasteiger charge is -2.56. The average Bonchev–Trinajstić information content (AvgIpc) is 2.52. The predicted octanol–water partition coefficient (Wildman–Crippen LogP) is 3.06. The highest BCUT2D eigenvalue weighted by atomic mass is 16.5. The molecule has 0 bridgehead atoms. The van der Waals surface area contributed by atoms with E-state index in [1.807, 2.05) is 6.92 Å². The first-order valence-corrected chi connectivity index (χ1v) is 8.63. The van der Waals surface area contributed by atoms with E-state index >= 15 is 0 Å². The first-order valence-electron chi connectivity index (χ1n) is 8.63. The molecule has 22 heavy (non-hydrogen) atoms. The smallest absolute Gasteiger partial charge is 0.0681 e. The van der Waals surface area contributed by atoms with Crippen molar-refractivity contribution in [2.75, 3.05) is 19.7 Å². The Balaban J connectivity index is 1.58. The fourth-order valence-corrected chi connectivity index (χ4v) is 4.10. The number of ether oxygens (including phenoxy) is 1. The van der Waals surface area contributed by atoms with Crippen molar-refractivity contribution in [3.63, 3.8) is 0 Å². The first-order chi connectivity index (χ1) is 10.5. The Morgan fingerprint density at radius 1 is 1.23 bits per heavy atom. The van der Waals surface area contributed by atoms with Gasteiger partial charge in [0.1, 0.15) is 0 Å². The number of aliphatic hydroxyl groups is 1. The van der Waals surface area contributed by atoms with Gasteiger partial charge in [-0.25, -0.2) is 0 Å². The molecule has 1 saturated heterocycles. The Morgan fingerprint density at radius 2 is 1.95 bits per heavy atom. The molecule has 2 aliphatic rings. The average molecular weight is 303 g/mol. The molecule has 1 heterocycles. The van der Waals surface area contributed by atoms with Gasteiger partial charge in [-0.15, -0.1) is 0 Å². The summed E-state index contributed by atoms with van der Waals surface area (Å²) in [5.41, 5.74) is 4.17. The van der Waals surface area contributed by atoms with Crippen LogP contribution in [0.4, 0.5) is 0 Å². The molecule has 1 saturated carbocycles. The van der Waals surface area contributed by atoms with Crippen LogP contribution in [0.2, 0.25) is 0 Å². The maximum atomic E-state index is 10.3. The zero-order valence-corrected chi connectivity index (χ0v) is 14.1. The molecule has 1 spiro atoms. The molecule has 3 nitrogen and oxygen atoms in total. The number of piperidine rings is 1. The molecule has 3 heteroatoms. The minimum absolute atomic E-state index is 0.0374. The third-order valence-corrected chi connectivity index (χ3v) is 5.87. The van der Waals surface area contributed by atoms with Gasteiger partial charge in [0.25, 0.3) is 0 Å². The number of aryl methyl sites for hydroxylation is 2. The standard InChI is InChI=1S/C19H29NO2/c1-4-22-18-12-17(21)19(18)7-9-20(10-8-19)13-16-6-5-14(2)15(3)11-16/h5-6,11,17-18,21H,4,7-10,12-13H2,1-3H3. The Bertz CT molecular complexity index is 518. The van der Waals surface area contributed by atoms with Crippen LogP contribution in [0.1, 0.15) is 42.9 Å². The molecule has 2 unspecified atom stereocenters. The number of hydrogen-bond acceptors (Lipinski definition) is 3. The van der Waals surface area contributed by atoms with Crippen LogP contribution in [0.5, 0.6) is 0 Å². The SMILES string of the molecule is CCOC1CC(O)C12CCN(Cc1ccc(C)c(C)c1)CC2. The van der Waals surface area contributed by atoms with Crippen molar-refractivity contribution < 1.29 is 9.84 Å². The Labute approximate surface area is 134 Å². The second kappa shape index (κ2) is 6.31. The molecular weight excluding hydrogens is 274 g/mol. The van der Waals surface area contributed by atoms with Crippen molar-refractivity contribution >= 4 is 0 Å². The number of nitrogens with zero attached hydrogens (tertiary/aromatic N) is 1. The van der Waals surface area contributed by atoms with Crippen LogP contribution in [-0.4, -0.2) is 41.9 Å². The van der Waals surface area contributed by atoms with Crippen molar-refractivity contribution in [2.45, 2.75) is 58.8 Å². The quantitative estimate of drug-likeness (QED) is 0.928. The third-order valence-electron chi connectivity index (χ3n) is 5.87. The number of hydrogen-bond donors (Lipinski definition) is 1. The van der Waals surface area contributed by atoms with E-state index in [1.165, 1.54) is 16.7 Å². The van der Waals surface area contributed by atoms with E-state index in [2.05, 4.69) is 36.9 Å². The second-order valence-electron chi connectivity index (χ2n) is 7.12. The van der Waals surface area contributed by atoms with Gasteiger partial charge < -0.3 is 9.84 Å². The van der Waals surface area contributed by atoms with Gasteiger partial charge in [-0.1, -0.05) is 18.2 Å². The summed E-state index contributed by atoms with van der Waals surface area (Å²) in [7, 11) is 0. The number of aliphatic hydroxyl groups excluding tert-OH is 1. The molecule has 3 rings (SSSR count). The highest BCUT2D eigenvalue weighted by Gasteiger charge is 2.55. The van der Waals surface area contributed by atoms with Crippen LogP contribution in [0, 0.1) is 19.3 Å². The highest BCUT2D eigenvalue weighted by Crippen LogP contribution is 2.51. The maximum Gasteiger partial charge on any atom is 0.0681 e. The molecule has 1 N–H and O–H groups in total. The summed E-state index contributed by atoms with van der Waals surface area (Å²) >= 11 is 0. The van der Waals surface area contributed by atoms with Crippen LogP contribution in [-0.2, 0) is 11.3 Å². The summed E-state index contributed by atoms with van der Waals surface area (Å²) in [6, 6.07) is 6.77.